The van der Waals surface area contributed by atoms with Crippen LogP contribution in [-0.4, -0.2) is 4.98 Å². The van der Waals surface area contributed by atoms with Crippen LogP contribution in [0.2, 0.25) is 5.02 Å². The summed E-state index contributed by atoms with van der Waals surface area (Å²) in [6.45, 7) is 2.45. The highest BCUT2D eigenvalue weighted by Gasteiger charge is 2.01. The minimum Gasteiger partial charge on any atom is -0.340 e. The number of nitrogens with two attached hydrogens (primary N) is 1. The number of halogens is 1. The van der Waals surface area contributed by atoms with Gasteiger partial charge in [-0.25, -0.2) is 4.98 Å². The van der Waals surface area contributed by atoms with E-state index in [-0.39, 0.29) is 0 Å². The molecule has 0 spiro atoms. The molecule has 17 heavy (non-hydrogen) atoms. The summed E-state index contributed by atoms with van der Waals surface area (Å²) in [6.07, 6.45) is 1.78. The first kappa shape index (κ1) is 11.9. The molecule has 3 N–H and O–H groups in total. The van der Waals surface area contributed by atoms with Crippen LogP contribution in [0.4, 0.5) is 11.5 Å². The van der Waals surface area contributed by atoms with Crippen LogP contribution in [0.15, 0.2) is 36.5 Å². The maximum atomic E-state index is 6.00. The molecule has 0 bridgehead atoms. The van der Waals surface area contributed by atoms with Crippen molar-refractivity contribution in [1.82, 2.24) is 4.98 Å². The molecule has 0 saturated carbocycles. The van der Waals surface area contributed by atoms with E-state index in [1.54, 1.807) is 6.20 Å². The van der Waals surface area contributed by atoms with Crippen LogP contribution in [0.3, 0.4) is 0 Å². The Kier molecular flexibility index (Phi) is 3.61. The third kappa shape index (κ3) is 2.96. The van der Waals surface area contributed by atoms with Gasteiger partial charge >= 0.3 is 0 Å². The lowest BCUT2D eigenvalue weighted by Gasteiger charge is -2.08. The van der Waals surface area contributed by atoms with Crippen molar-refractivity contribution in [3.63, 3.8) is 0 Å². The second-order valence-electron chi connectivity index (χ2n) is 3.85. The number of aryl methyl sites for hydroxylation is 1. The molecule has 0 radical (unpaired) electrons. The van der Waals surface area contributed by atoms with Crippen LogP contribution in [0.5, 0.6) is 0 Å². The van der Waals surface area contributed by atoms with Crippen molar-refractivity contribution < 1.29 is 0 Å². The number of nitrogens with one attached hydrogen (secondary N) is 1. The van der Waals surface area contributed by atoms with Crippen molar-refractivity contribution in [3.8, 4) is 0 Å². The smallest absolute Gasteiger partial charge is 0.130 e. The summed E-state index contributed by atoms with van der Waals surface area (Å²) in [5, 5.41) is 3.91. The van der Waals surface area contributed by atoms with Crippen LogP contribution in [-0.2, 0) is 6.54 Å². The van der Waals surface area contributed by atoms with E-state index in [1.165, 1.54) is 0 Å². The zero-order valence-corrected chi connectivity index (χ0v) is 10.3. The predicted molar refractivity (Wildman–Crippen MR) is 71.6 cm³/mol. The van der Waals surface area contributed by atoms with E-state index in [0.717, 1.165) is 22.6 Å². The average Bonchev–Trinajstić information content (AvgIpc) is 2.32. The van der Waals surface area contributed by atoms with Crippen molar-refractivity contribution in [2.45, 2.75) is 13.5 Å². The van der Waals surface area contributed by atoms with Crippen LogP contribution in [0.1, 0.15) is 11.1 Å². The first-order chi connectivity index (χ1) is 8.19. The predicted octanol–water partition coefficient (Wildman–Crippen LogP) is 3.25. The number of nitrogens with zero attached hydrogens (tertiary/aromatic N) is 1. The molecule has 0 aliphatic rings. The molecule has 0 aliphatic carbocycles. The topological polar surface area (TPSA) is 50.9 Å². The number of benzene rings is 1. The molecule has 2 rings (SSSR count). The Hall–Kier alpha value is -1.58. The number of pyridine rings is 1. The molecular weight excluding hydrogens is 234 g/mol. The average molecular weight is 248 g/mol. The quantitative estimate of drug-likeness (QED) is 0.876. The summed E-state index contributed by atoms with van der Waals surface area (Å²) < 4.78 is 0. The third-order valence-corrected chi connectivity index (χ3v) is 2.82. The molecule has 1 aromatic carbocycles. The Bertz CT molecular complexity index is 526. The fourth-order valence-corrected chi connectivity index (χ4v) is 1.76. The number of hydrogen-bond acceptors (Lipinski definition) is 3. The lowest BCUT2D eigenvalue weighted by atomic mass is 10.2. The van der Waals surface area contributed by atoms with Gasteiger partial charge in [0.1, 0.15) is 5.82 Å². The lowest BCUT2D eigenvalue weighted by Crippen LogP contribution is -1.99. The van der Waals surface area contributed by atoms with Gasteiger partial charge in [0.25, 0.3) is 0 Å². The number of hydrogen-bond donors (Lipinski definition) is 2. The molecule has 0 unspecified atom stereocenters. The van der Waals surface area contributed by atoms with Gasteiger partial charge in [-0.3, -0.25) is 0 Å². The number of anilines is 2. The fraction of sp³-hybridized carbons (Fsp3) is 0.154. The molecule has 0 aliphatic heterocycles. The highest BCUT2D eigenvalue weighted by atomic mass is 35.5. The third-order valence-electron chi connectivity index (χ3n) is 2.45. The van der Waals surface area contributed by atoms with E-state index in [4.69, 9.17) is 17.3 Å². The van der Waals surface area contributed by atoms with E-state index in [2.05, 4.69) is 10.3 Å². The number of aromatic nitrogens is 1. The van der Waals surface area contributed by atoms with Gasteiger partial charge in [0.05, 0.1) is 0 Å². The van der Waals surface area contributed by atoms with Gasteiger partial charge in [0, 0.05) is 23.5 Å². The largest absolute Gasteiger partial charge is 0.340 e. The summed E-state index contributed by atoms with van der Waals surface area (Å²) in [6, 6.07) is 9.62. The molecule has 0 amide bonds. The lowest BCUT2D eigenvalue weighted by molar-refractivity contribution is 1.07. The van der Waals surface area contributed by atoms with E-state index >= 15 is 0 Å². The van der Waals surface area contributed by atoms with Crippen molar-refractivity contribution in [1.29, 1.82) is 0 Å². The van der Waals surface area contributed by atoms with Crippen molar-refractivity contribution in [2.75, 3.05) is 5.32 Å². The Labute approximate surface area is 106 Å². The normalized spacial score (nSPS) is 10.3. The van der Waals surface area contributed by atoms with Gasteiger partial charge in [0.15, 0.2) is 0 Å². The first-order valence-corrected chi connectivity index (χ1v) is 5.75. The summed E-state index contributed by atoms with van der Waals surface area (Å²) in [7, 11) is 0. The second-order valence-corrected chi connectivity index (χ2v) is 4.26. The maximum Gasteiger partial charge on any atom is 0.130 e. The molecule has 88 valence electrons. The minimum absolute atomic E-state index is 0.426. The Balaban J connectivity index is 2.24. The van der Waals surface area contributed by atoms with Gasteiger partial charge in [-0.05, 0) is 48.4 Å². The molecule has 2 aromatic rings. The monoisotopic (exact) mass is 247 g/mol. The molecule has 4 heteroatoms. The standard InChI is InChI=1S/C13H14ClN3/c1-9-4-5-16-13(6-9)17-11-2-3-12(14)10(7-11)8-15/h2-7H,8,15H2,1H3,(H,16,17). The zero-order valence-electron chi connectivity index (χ0n) is 9.57. The summed E-state index contributed by atoms with van der Waals surface area (Å²) in [5.41, 5.74) is 8.63. The highest BCUT2D eigenvalue weighted by Crippen LogP contribution is 2.22. The molecule has 0 saturated heterocycles. The van der Waals surface area contributed by atoms with Gasteiger partial charge in [-0.1, -0.05) is 11.6 Å². The fourth-order valence-electron chi connectivity index (χ4n) is 1.56. The maximum absolute atomic E-state index is 6.00. The molecule has 0 fully saturated rings. The van der Waals surface area contributed by atoms with Crippen LogP contribution in [0.25, 0.3) is 0 Å². The van der Waals surface area contributed by atoms with Crippen molar-refractivity contribution >= 4 is 23.1 Å². The van der Waals surface area contributed by atoms with Gasteiger partial charge in [-0.15, -0.1) is 0 Å². The SMILES string of the molecule is Cc1ccnc(Nc2ccc(Cl)c(CN)c2)c1. The summed E-state index contributed by atoms with van der Waals surface area (Å²) >= 11 is 6.00. The zero-order chi connectivity index (χ0) is 12.3. The molecule has 1 heterocycles. The Morgan fingerprint density at radius 3 is 2.82 bits per heavy atom. The Morgan fingerprint density at radius 1 is 1.29 bits per heavy atom. The van der Waals surface area contributed by atoms with Crippen LogP contribution < -0.4 is 11.1 Å². The highest BCUT2D eigenvalue weighted by molar-refractivity contribution is 6.31. The van der Waals surface area contributed by atoms with E-state index in [0.29, 0.717) is 11.6 Å². The van der Waals surface area contributed by atoms with Gasteiger partial charge in [0.2, 0.25) is 0 Å². The Morgan fingerprint density at radius 2 is 2.12 bits per heavy atom. The van der Waals surface area contributed by atoms with Crippen molar-refractivity contribution in [2.24, 2.45) is 5.73 Å². The molecule has 3 nitrogen and oxygen atoms in total. The van der Waals surface area contributed by atoms with E-state index in [1.807, 2.05) is 37.3 Å². The van der Waals surface area contributed by atoms with Gasteiger partial charge < -0.3 is 11.1 Å². The number of rotatable bonds is 3. The minimum atomic E-state index is 0.426. The van der Waals surface area contributed by atoms with Crippen molar-refractivity contribution in [3.05, 3.63) is 52.7 Å². The summed E-state index contributed by atoms with van der Waals surface area (Å²) in [5.74, 6) is 0.815. The molecule has 1 aromatic heterocycles. The van der Waals surface area contributed by atoms with E-state index < -0.39 is 0 Å². The summed E-state index contributed by atoms with van der Waals surface area (Å²) in [4.78, 5) is 4.24. The molecular formula is C13H14ClN3. The first-order valence-electron chi connectivity index (χ1n) is 5.37. The second kappa shape index (κ2) is 5.17. The van der Waals surface area contributed by atoms with Gasteiger partial charge in [-0.2, -0.15) is 0 Å². The van der Waals surface area contributed by atoms with Crippen LogP contribution in [0, 0.1) is 6.92 Å². The van der Waals surface area contributed by atoms with Crippen LogP contribution >= 0.6 is 11.6 Å². The van der Waals surface area contributed by atoms with E-state index in [9.17, 15) is 0 Å². The molecule has 0 atom stereocenters.